The van der Waals surface area contributed by atoms with Crippen LogP contribution in [0.3, 0.4) is 0 Å². The normalized spacial score (nSPS) is 28.4. The Hall–Kier alpha value is -0.0500. The molecular formula is C13H25ClN2. The van der Waals surface area contributed by atoms with E-state index in [4.69, 9.17) is 11.6 Å². The molecule has 94 valence electrons. The van der Waals surface area contributed by atoms with E-state index in [1.807, 2.05) is 6.08 Å². The van der Waals surface area contributed by atoms with Crippen molar-refractivity contribution >= 4 is 11.6 Å². The first-order chi connectivity index (χ1) is 7.50. The maximum atomic E-state index is 5.63. The SMILES string of the molecule is CCC(C)C1CNC(C)(C)CN1C/C=C/Cl. The molecule has 2 unspecified atom stereocenters. The van der Waals surface area contributed by atoms with Crippen molar-refractivity contribution in [3.8, 4) is 0 Å². The molecule has 0 aromatic heterocycles. The molecule has 0 spiro atoms. The maximum absolute atomic E-state index is 5.63. The Bertz CT molecular complexity index is 238. The summed E-state index contributed by atoms with van der Waals surface area (Å²) in [6.07, 6.45) is 3.27. The molecule has 0 bridgehead atoms. The van der Waals surface area contributed by atoms with Gasteiger partial charge >= 0.3 is 0 Å². The summed E-state index contributed by atoms with van der Waals surface area (Å²) >= 11 is 5.63. The first-order valence-corrected chi connectivity index (χ1v) is 6.68. The first kappa shape index (κ1) is 14.0. The van der Waals surface area contributed by atoms with Gasteiger partial charge in [0.1, 0.15) is 0 Å². The van der Waals surface area contributed by atoms with Crippen LogP contribution in [0.25, 0.3) is 0 Å². The fraction of sp³-hybridized carbons (Fsp3) is 0.846. The number of rotatable bonds is 4. The largest absolute Gasteiger partial charge is 0.309 e. The monoisotopic (exact) mass is 244 g/mol. The summed E-state index contributed by atoms with van der Waals surface area (Å²) in [5.41, 5.74) is 1.84. The second kappa shape index (κ2) is 6.04. The Morgan fingerprint density at radius 1 is 1.56 bits per heavy atom. The average Bonchev–Trinajstić information content (AvgIpc) is 2.24. The molecule has 1 fully saturated rings. The highest BCUT2D eigenvalue weighted by Crippen LogP contribution is 2.21. The van der Waals surface area contributed by atoms with Crippen LogP contribution in [-0.4, -0.2) is 36.1 Å². The third-order valence-electron chi connectivity index (χ3n) is 3.59. The third kappa shape index (κ3) is 3.76. The molecule has 1 N–H and O–H groups in total. The highest BCUT2D eigenvalue weighted by Gasteiger charge is 2.33. The van der Waals surface area contributed by atoms with Crippen LogP contribution in [0, 0.1) is 5.92 Å². The van der Waals surface area contributed by atoms with Crippen LogP contribution in [0.1, 0.15) is 34.1 Å². The summed E-state index contributed by atoms with van der Waals surface area (Å²) in [5.74, 6) is 0.729. The molecule has 0 aromatic carbocycles. The zero-order valence-electron chi connectivity index (χ0n) is 11.0. The molecule has 2 atom stereocenters. The molecular weight excluding hydrogens is 220 g/mol. The van der Waals surface area contributed by atoms with Crippen molar-refractivity contribution in [2.75, 3.05) is 19.6 Å². The summed E-state index contributed by atoms with van der Waals surface area (Å²) in [4.78, 5) is 2.55. The first-order valence-electron chi connectivity index (χ1n) is 6.24. The van der Waals surface area contributed by atoms with Crippen molar-refractivity contribution < 1.29 is 0 Å². The molecule has 16 heavy (non-hydrogen) atoms. The summed E-state index contributed by atoms with van der Waals surface area (Å²) < 4.78 is 0. The van der Waals surface area contributed by atoms with Crippen LogP contribution in [0.5, 0.6) is 0 Å². The van der Waals surface area contributed by atoms with Gasteiger partial charge < -0.3 is 5.32 Å². The minimum atomic E-state index is 0.212. The van der Waals surface area contributed by atoms with E-state index in [0.717, 1.165) is 25.6 Å². The van der Waals surface area contributed by atoms with Crippen molar-refractivity contribution in [1.29, 1.82) is 0 Å². The number of hydrogen-bond donors (Lipinski definition) is 1. The van der Waals surface area contributed by atoms with Crippen molar-refractivity contribution in [1.82, 2.24) is 10.2 Å². The quantitative estimate of drug-likeness (QED) is 0.818. The molecule has 0 saturated carbocycles. The summed E-state index contributed by atoms with van der Waals surface area (Å²) in [6.45, 7) is 12.3. The average molecular weight is 245 g/mol. The van der Waals surface area contributed by atoms with Crippen molar-refractivity contribution in [2.24, 2.45) is 5.92 Å². The fourth-order valence-corrected chi connectivity index (χ4v) is 2.48. The van der Waals surface area contributed by atoms with Crippen molar-refractivity contribution in [3.05, 3.63) is 11.6 Å². The molecule has 3 heteroatoms. The van der Waals surface area contributed by atoms with E-state index in [1.165, 1.54) is 6.42 Å². The second-order valence-corrected chi connectivity index (χ2v) is 5.76. The van der Waals surface area contributed by atoms with E-state index in [9.17, 15) is 0 Å². The molecule has 1 aliphatic rings. The molecule has 1 saturated heterocycles. The van der Waals surface area contributed by atoms with Gasteiger partial charge in [0, 0.05) is 36.8 Å². The Morgan fingerprint density at radius 3 is 2.81 bits per heavy atom. The number of halogens is 1. The van der Waals surface area contributed by atoms with E-state index < -0.39 is 0 Å². The van der Waals surface area contributed by atoms with E-state index in [1.54, 1.807) is 5.54 Å². The zero-order valence-corrected chi connectivity index (χ0v) is 11.7. The van der Waals surface area contributed by atoms with Gasteiger partial charge in [-0.3, -0.25) is 4.90 Å². The minimum absolute atomic E-state index is 0.212. The third-order valence-corrected chi connectivity index (χ3v) is 3.77. The lowest BCUT2D eigenvalue weighted by atomic mass is 9.91. The summed E-state index contributed by atoms with van der Waals surface area (Å²) in [6, 6.07) is 0.630. The Labute approximate surface area is 105 Å². The fourth-order valence-electron chi connectivity index (χ4n) is 2.40. The van der Waals surface area contributed by atoms with Crippen LogP contribution >= 0.6 is 11.6 Å². The van der Waals surface area contributed by atoms with Gasteiger partial charge in [0.15, 0.2) is 0 Å². The van der Waals surface area contributed by atoms with Gasteiger partial charge in [-0.2, -0.15) is 0 Å². The van der Waals surface area contributed by atoms with Gasteiger partial charge in [-0.1, -0.05) is 37.9 Å². The van der Waals surface area contributed by atoms with Crippen LogP contribution in [0.15, 0.2) is 11.6 Å². The van der Waals surface area contributed by atoms with Gasteiger partial charge in [0.2, 0.25) is 0 Å². The maximum Gasteiger partial charge on any atom is 0.0253 e. The predicted octanol–water partition coefficient (Wildman–Crippen LogP) is 2.84. The Balaban J connectivity index is 2.67. The molecule has 0 amide bonds. The topological polar surface area (TPSA) is 15.3 Å². The van der Waals surface area contributed by atoms with Crippen molar-refractivity contribution in [3.63, 3.8) is 0 Å². The summed E-state index contributed by atoms with van der Waals surface area (Å²) in [7, 11) is 0. The van der Waals surface area contributed by atoms with Gasteiger partial charge in [0.25, 0.3) is 0 Å². The van der Waals surface area contributed by atoms with Crippen LogP contribution in [-0.2, 0) is 0 Å². The zero-order chi connectivity index (χ0) is 12.2. The summed E-state index contributed by atoms with van der Waals surface area (Å²) in [5, 5.41) is 3.63. The second-order valence-electron chi connectivity index (χ2n) is 5.51. The highest BCUT2D eigenvalue weighted by molar-refractivity contribution is 6.25. The standard InChI is InChI=1S/C13H25ClN2/c1-5-11(2)12-9-15-13(3,4)10-16(12)8-6-7-14/h6-7,11-12,15H,5,8-10H2,1-4H3/b7-6+. The lowest BCUT2D eigenvalue weighted by molar-refractivity contribution is 0.0744. The molecule has 0 aliphatic carbocycles. The van der Waals surface area contributed by atoms with E-state index in [-0.39, 0.29) is 5.54 Å². The van der Waals surface area contributed by atoms with Crippen molar-refractivity contribution in [2.45, 2.75) is 45.7 Å². The molecule has 0 radical (unpaired) electrons. The smallest absolute Gasteiger partial charge is 0.0253 e. The van der Waals surface area contributed by atoms with Crippen LogP contribution < -0.4 is 5.32 Å². The van der Waals surface area contributed by atoms with E-state index in [2.05, 4.69) is 37.9 Å². The van der Waals surface area contributed by atoms with Gasteiger partial charge in [0.05, 0.1) is 0 Å². The number of hydrogen-bond acceptors (Lipinski definition) is 2. The number of nitrogens with zero attached hydrogens (tertiary/aromatic N) is 1. The van der Waals surface area contributed by atoms with Gasteiger partial charge in [-0.15, -0.1) is 0 Å². The van der Waals surface area contributed by atoms with Crippen LogP contribution in [0.2, 0.25) is 0 Å². The minimum Gasteiger partial charge on any atom is -0.309 e. The number of piperazine rings is 1. The van der Waals surface area contributed by atoms with E-state index >= 15 is 0 Å². The molecule has 1 rings (SSSR count). The molecule has 2 nitrogen and oxygen atoms in total. The predicted molar refractivity (Wildman–Crippen MR) is 71.9 cm³/mol. The molecule has 1 aliphatic heterocycles. The molecule has 0 aromatic rings. The number of nitrogens with one attached hydrogen (secondary N) is 1. The Kier molecular flexibility index (Phi) is 5.29. The van der Waals surface area contributed by atoms with Crippen LogP contribution in [0.4, 0.5) is 0 Å². The van der Waals surface area contributed by atoms with E-state index in [0.29, 0.717) is 6.04 Å². The lowest BCUT2D eigenvalue weighted by Gasteiger charge is -2.46. The Morgan fingerprint density at radius 2 is 2.25 bits per heavy atom. The van der Waals surface area contributed by atoms with Gasteiger partial charge in [-0.25, -0.2) is 0 Å². The highest BCUT2D eigenvalue weighted by atomic mass is 35.5. The molecule has 1 heterocycles. The lowest BCUT2D eigenvalue weighted by Crippen LogP contribution is -2.63. The van der Waals surface area contributed by atoms with Gasteiger partial charge in [-0.05, 0) is 19.8 Å².